The second kappa shape index (κ2) is 7.58. The SMILES string of the molecule is COc1cccc(CNC(=O)C2NNC3c4ccc(OC)cc4CCC23)c1. The molecule has 0 bridgehead atoms. The fourth-order valence-electron chi connectivity index (χ4n) is 4.12. The third-order valence-corrected chi connectivity index (χ3v) is 5.57. The van der Waals surface area contributed by atoms with Crippen LogP contribution in [0.2, 0.25) is 0 Å². The summed E-state index contributed by atoms with van der Waals surface area (Å²) in [7, 11) is 3.33. The number of methoxy groups -OCH3 is 2. The zero-order chi connectivity index (χ0) is 18.8. The molecular formula is C21H25N3O3. The number of benzene rings is 2. The maximum absolute atomic E-state index is 12.8. The molecular weight excluding hydrogens is 342 g/mol. The van der Waals surface area contributed by atoms with Gasteiger partial charge in [0.25, 0.3) is 0 Å². The maximum atomic E-state index is 12.8. The Morgan fingerprint density at radius 2 is 1.93 bits per heavy atom. The van der Waals surface area contributed by atoms with Crippen LogP contribution in [0.15, 0.2) is 42.5 Å². The summed E-state index contributed by atoms with van der Waals surface area (Å²) in [5.41, 5.74) is 10.1. The van der Waals surface area contributed by atoms with E-state index in [2.05, 4.69) is 28.3 Å². The Morgan fingerprint density at radius 3 is 2.74 bits per heavy atom. The van der Waals surface area contributed by atoms with Gasteiger partial charge in [-0.05, 0) is 53.8 Å². The van der Waals surface area contributed by atoms with Gasteiger partial charge >= 0.3 is 0 Å². The first kappa shape index (κ1) is 17.8. The number of carbonyl (C=O) groups excluding carboxylic acids is 1. The number of fused-ring (bicyclic) bond motifs is 3. The van der Waals surface area contributed by atoms with Gasteiger partial charge in [-0.25, -0.2) is 10.9 Å². The highest BCUT2D eigenvalue weighted by atomic mass is 16.5. The van der Waals surface area contributed by atoms with Crippen molar-refractivity contribution in [1.82, 2.24) is 16.2 Å². The van der Waals surface area contributed by atoms with Crippen molar-refractivity contribution in [3.8, 4) is 11.5 Å². The first-order chi connectivity index (χ1) is 13.2. The normalized spacial score (nSPS) is 23.3. The Kier molecular flexibility index (Phi) is 5.01. The summed E-state index contributed by atoms with van der Waals surface area (Å²) in [6.45, 7) is 0.486. The lowest BCUT2D eigenvalue weighted by molar-refractivity contribution is -0.124. The molecule has 3 unspecified atom stereocenters. The van der Waals surface area contributed by atoms with E-state index in [1.807, 2.05) is 30.3 Å². The Hall–Kier alpha value is -2.57. The van der Waals surface area contributed by atoms with Gasteiger partial charge in [0.15, 0.2) is 0 Å². The number of ether oxygens (including phenoxy) is 2. The Bertz CT molecular complexity index is 839. The average Bonchev–Trinajstić information content (AvgIpc) is 3.16. The lowest BCUT2D eigenvalue weighted by Crippen LogP contribution is -2.45. The van der Waals surface area contributed by atoms with Gasteiger partial charge in [0.2, 0.25) is 5.91 Å². The minimum Gasteiger partial charge on any atom is -0.497 e. The quantitative estimate of drug-likeness (QED) is 0.755. The summed E-state index contributed by atoms with van der Waals surface area (Å²) in [4.78, 5) is 12.8. The van der Waals surface area contributed by atoms with Crippen LogP contribution in [-0.2, 0) is 17.8 Å². The van der Waals surface area contributed by atoms with Crippen LogP contribution in [0, 0.1) is 5.92 Å². The van der Waals surface area contributed by atoms with Gasteiger partial charge in [0, 0.05) is 12.5 Å². The van der Waals surface area contributed by atoms with E-state index in [0.29, 0.717) is 6.54 Å². The van der Waals surface area contributed by atoms with E-state index in [1.165, 1.54) is 11.1 Å². The van der Waals surface area contributed by atoms with Crippen molar-refractivity contribution < 1.29 is 14.3 Å². The number of hydrogen-bond donors (Lipinski definition) is 3. The molecule has 1 amide bonds. The van der Waals surface area contributed by atoms with Crippen molar-refractivity contribution in [2.24, 2.45) is 5.92 Å². The molecule has 6 nitrogen and oxygen atoms in total. The number of carbonyl (C=O) groups is 1. The van der Waals surface area contributed by atoms with Gasteiger partial charge in [-0.3, -0.25) is 4.79 Å². The molecule has 0 saturated carbocycles. The van der Waals surface area contributed by atoms with Crippen molar-refractivity contribution in [1.29, 1.82) is 0 Å². The van der Waals surface area contributed by atoms with Crippen molar-refractivity contribution >= 4 is 5.91 Å². The fraction of sp³-hybridized carbons (Fsp3) is 0.381. The van der Waals surface area contributed by atoms with Gasteiger partial charge in [-0.2, -0.15) is 0 Å². The highest BCUT2D eigenvalue weighted by molar-refractivity contribution is 5.82. The molecule has 0 aromatic heterocycles. The predicted molar refractivity (Wildman–Crippen MR) is 102 cm³/mol. The topological polar surface area (TPSA) is 71.6 Å². The molecule has 4 rings (SSSR count). The molecule has 1 aliphatic heterocycles. The molecule has 2 aromatic carbocycles. The molecule has 6 heteroatoms. The van der Waals surface area contributed by atoms with E-state index in [9.17, 15) is 4.79 Å². The van der Waals surface area contributed by atoms with Gasteiger partial charge in [-0.1, -0.05) is 18.2 Å². The van der Waals surface area contributed by atoms with E-state index < -0.39 is 0 Å². The molecule has 3 atom stereocenters. The molecule has 1 saturated heterocycles. The molecule has 2 aromatic rings. The number of amides is 1. The predicted octanol–water partition coefficient (Wildman–Crippen LogP) is 2.10. The number of hydrazine groups is 1. The minimum absolute atomic E-state index is 0.0229. The van der Waals surface area contributed by atoms with Crippen molar-refractivity contribution in [2.75, 3.05) is 14.2 Å². The van der Waals surface area contributed by atoms with Crippen LogP contribution in [0.5, 0.6) is 11.5 Å². The van der Waals surface area contributed by atoms with Crippen LogP contribution in [-0.4, -0.2) is 26.2 Å². The largest absolute Gasteiger partial charge is 0.497 e. The van der Waals surface area contributed by atoms with Crippen molar-refractivity contribution in [3.05, 3.63) is 59.2 Å². The molecule has 1 aliphatic carbocycles. The van der Waals surface area contributed by atoms with Crippen LogP contribution in [0.4, 0.5) is 0 Å². The standard InChI is InChI=1S/C21H25N3O3/c1-26-15-5-3-4-13(10-15)12-22-21(25)20-18-8-6-14-11-16(27-2)7-9-17(14)19(18)23-24-20/h3-5,7,9-11,18-20,23-24H,6,8,12H2,1-2H3,(H,22,25). The molecule has 1 heterocycles. The fourth-order valence-corrected chi connectivity index (χ4v) is 4.12. The van der Waals surface area contributed by atoms with E-state index in [0.717, 1.165) is 29.9 Å². The molecule has 142 valence electrons. The number of aryl methyl sites for hydroxylation is 1. The van der Waals surface area contributed by atoms with Gasteiger partial charge in [-0.15, -0.1) is 0 Å². The van der Waals surface area contributed by atoms with E-state index in [4.69, 9.17) is 9.47 Å². The Balaban J connectivity index is 1.42. The minimum atomic E-state index is -0.240. The second-order valence-corrected chi connectivity index (χ2v) is 7.08. The summed E-state index contributed by atoms with van der Waals surface area (Å²) in [6.07, 6.45) is 1.92. The maximum Gasteiger partial charge on any atom is 0.239 e. The molecule has 2 aliphatic rings. The van der Waals surface area contributed by atoms with Crippen LogP contribution in [0.1, 0.15) is 29.2 Å². The summed E-state index contributed by atoms with van der Waals surface area (Å²) in [6, 6.07) is 13.8. The third-order valence-electron chi connectivity index (χ3n) is 5.57. The highest BCUT2D eigenvalue weighted by Crippen LogP contribution is 2.40. The number of rotatable bonds is 5. The van der Waals surface area contributed by atoms with Gasteiger partial charge < -0.3 is 14.8 Å². The summed E-state index contributed by atoms with van der Waals surface area (Å²) >= 11 is 0. The van der Waals surface area contributed by atoms with Crippen molar-refractivity contribution in [3.63, 3.8) is 0 Å². The zero-order valence-electron chi connectivity index (χ0n) is 15.6. The van der Waals surface area contributed by atoms with E-state index >= 15 is 0 Å². The van der Waals surface area contributed by atoms with Gasteiger partial charge in [0.05, 0.1) is 20.3 Å². The average molecular weight is 367 g/mol. The van der Waals surface area contributed by atoms with Crippen LogP contribution < -0.4 is 25.6 Å². The van der Waals surface area contributed by atoms with Gasteiger partial charge in [0.1, 0.15) is 17.5 Å². The van der Waals surface area contributed by atoms with E-state index in [-0.39, 0.29) is 23.9 Å². The molecule has 3 N–H and O–H groups in total. The number of nitrogens with one attached hydrogen (secondary N) is 3. The van der Waals surface area contributed by atoms with Crippen molar-refractivity contribution in [2.45, 2.75) is 31.5 Å². The Morgan fingerprint density at radius 1 is 1.11 bits per heavy atom. The first-order valence-corrected chi connectivity index (χ1v) is 9.28. The molecule has 27 heavy (non-hydrogen) atoms. The zero-order valence-corrected chi connectivity index (χ0v) is 15.6. The first-order valence-electron chi connectivity index (χ1n) is 9.28. The third kappa shape index (κ3) is 3.50. The lowest BCUT2D eigenvalue weighted by Gasteiger charge is -2.29. The Labute approximate surface area is 159 Å². The summed E-state index contributed by atoms with van der Waals surface area (Å²) < 4.78 is 10.6. The second-order valence-electron chi connectivity index (χ2n) is 7.08. The highest BCUT2D eigenvalue weighted by Gasteiger charge is 2.43. The molecule has 0 spiro atoms. The molecule has 1 fully saturated rings. The summed E-state index contributed by atoms with van der Waals surface area (Å²) in [5, 5.41) is 3.05. The number of hydrogen-bond acceptors (Lipinski definition) is 5. The van der Waals surface area contributed by atoms with Crippen LogP contribution in [0.3, 0.4) is 0 Å². The van der Waals surface area contributed by atoms with E-state index in [1.54, 1.807) is 14.2 Å². The van der Waals surface area contributed by atoms with Crippen LogP contribution >= 0.6 is 0 Å². The van der Waals surface area contributed by atoms with Crippen LogP contribution in [0.25, 0.3) is 0 Å². The smallest absolute Gasteiger partial charge is 0.239 e. The molecule has 0 radical (unpaired) electrons. The lowest BCUT2D eigenvalue weighted by atomic mass is 9.77. The summed E-state index contributed by atoms with van der Waals surface area (Å²) in [5.74, 6) is 1.93. The monoisotopic (exact) mass is 367 g/mol.